The van der Waals surface area contributed by atoms with Gasteiger partial charge < -0.3 is 19.1 Å². The lowest BCUT2D eigenvalue weighted by atomic mass is 10.0. The Hall–Kier alpha value is -0.690. The highest BCUT2D eigenvalue weighted by molar-refractivity contribution is 5.80. The van der Waals surface area contributed by atoms with Crippen LogP contribution in [0.3, 0.4) is 0 Å². The lowest BCUT2D eigenvalue weighted by Gasteiger charge is -2.34. The second-order valence-corrected chi connectivity index (χ2v) is 7.40. The van der Waals surface area contributed by atoms with E-state index in [1.165, 1.54) is 6.42 Å². The van der Waals surface area contributed by atoms with Crippen LogP contribution < -0.4 is 0 Å². The van der Waals surface area contributed by atoms with Gasteiger partial charge >= 0.3 is 0 Å². The molecule has 0 aromatic rings. The number of likely N-dealkylation sites (tertiary alicyclic amines) is 1. The van der Waals surface area contributed by atoms with Crippen molar-refractivity contribution in [1.82, 2.24) is 9.80 Å². The van der Waals surface area contributed by atoms with Gasteiger partial charge in [-0.25, -0.2) is 0 Å². The van der Waals surface area contributed by atoms with Gasteiger partial charge in [0.25, 0.3) is 5.91 Å². The monoisotopic (exact) mass is 340 g/mol. The Morgan fingerprint density at radius 3 is 2.71 bits per heavy atom. The Bertz CT molecular complexity index is 408. The van der Waals surface area contributed by atoms with E-state index >= 15 is 0 Å². The normalized spacial score (nSPS) is 33.6. The van der Waals surface area contributed by atoms with Gasteiger partial charge in [0.05, 0.1) is 25.9 Å². The van der Waals surface area contributed by atoms with Crippen LogP contribution in [0.1, 0.15) is 33.1 Å². The molecule has 0 aromatic carbocycles. The third-order valence-electron chi connectivity index (χ3n) is 5.55. The van der Waals surface area contributed by atoms with Crippen molar-refractivity contribution in [3.05, 3.63) is 0 Å². The maximum absolute atomic E-state index is 12.7. The third kappa shape index (κ3) is 4.48. The summed E-state index contributed by atoms with van der Waals surface area (Å²) in [6.07, 6.45) is 3.15. The van der Waals surface area contributed by atoms with Crippen molar-refractivity contribution in [1.29, 1.82) is 0 Å². The SMILES string of the molecule is C[C@H](OC[C@@H]1CCCCO1)C(=O)N1C[C@@H](N2CCOCC2)[C@@H](C)C1. The molecule has 0 aliphatic carbocycles. The molecule has 0 N–H and O–H groups in total. The van der Waals surface area contributed by atoms with E-state index in [2.05, 4.69) is 11.8 Å². The summed E-state index contributed by atoms with van der Waals surface area (Å²) in [5, 5.41) is 0. The van der Waals surface area contributed by atoms with Gasteiger partial charge in [-0.2, -0.15) is 0 Å². The molecule has 3 aliphatic heterocycles. The average molecular weight is 340 g/mol. The van der Waals surface area contributed by atoms with Gasteiger partial charge in [-0.3, -0.25) is 9.69 Å². The van der Waals surface area contributed by atoms with Gasteiger partial charge in [-0.1, -0.05) is 6.92 Å². The minimum Gasteiger partial charge on any atom is -0.379 e. The molecule has 3 rings (SSSR count). The first-order chi connectivity index (χ1) is 11.6. The summed E-state index contributed by atoms with van der Waals surface area (Å²) in [5.74, 6) is 0.620. The fraction of sp³-hybridized carbons (Fsp3) is 0.944. The van der Waals surface area contributed by atoms with Crippen molar-refractivity contribution >= 4 is 5.91 Å². The van der Waals surface area contributed by atoms with E-state index in [1.54, 1.807) is 0 Å². The highest BCUT2D eigenvalue weighted by Gasteiger charge is 2.38. The molecule has 3 saturated heterocycles. The van der Waals surface area contributed by atoms with E-state index in [1.807, 2.05) is 11.8 Å². The number of carbonyl (C=O) groups is 1. The summed E-state index contributed by atoms with van der Waals surface area (Å²) < 4.78 is 16.9. The van der Waals surface area contributed by atoms with Crippen molar-refractivity contribution in [2.24, 2.45) is 5.92 Å². The zero-order valence-electron chi connectivity index (χ0n) is 15.1. The summed E-state index contributed by atoms with van der Waals surface area (Å²) in [6, 6.07) is 0.451. The van der Waals surface area contributed by atoms with E-state index < -0.39 is 0 Å². The van der Waals surface area contributed by atoms with E-state index in [4.69, 9.17) is 14.2 Å². The standard InChI is InChI=1S/C18H32N2O4/c1-14-11-20(12-17(14)19-6-9-22-10-7-19)18(21)15(2)24-13-16-5-3-4-8-23-16/h14-17H,3-13H2,1-2H3/t14-,15-,16-,17+/m0/s1. The van der Waals surface area contributed by atoms with Crippen molar-refractivity contribution in [3.8, 4) is 0 Å². The van der Waals surface area contributed by atoms with E-state index in [0.29, 0.717) is 18.6 Å². The third-order valence-corrected chi connectivity index (χ3v) is 5.55. The zero-order chi connectivity index (χ0) is 16.9. The maximum Gasteiger partial charge on any atom is 0.251 e. The Morgan fingerprint density at radius 2 is 2.00 bits per heavy atom. The van der Waals surface area contributed by atoms with Gasteiger partial charge in [0.1, 0.15) is 6.10 Å². The molecule has 1 amide bonds. The first-order valence-corrected chi connectivity index (χ1v) is 9.49. The van der Waals surface area contributed by atoms with Gasteiger partial charge in [0.15, 0.2) is 0 Å². The summed E-state index contributed by atoms with van der Waals surface area (Å²) in [5.41, 5.74) is 0. The smallest absolute Gasteiger partial charge is 0.251 e. The Labute approximate surface area is 145 Å². The number of ether oxygens (including phenoxy) is 3. The molecule has 0 radical (unpaired) electrons. The molecule has 0 saturated carbocycles. The van der Waals surface area contributed by atoms with Crippen LogP contribution >= 0.6 is 0 Å². The van der Waals surface area contributed by atoms with Gasteiger partial charge in [0.2, 0.25) is 0 Å². The van der Waals surface area contributed by atoms with Crippen LogP contribution in [0, 0.1) is 5.92 Å². The van der Waals surface area contributed by atoms with Crippen molar-refractivity contribution in [2.45, 2.75) is 51.4 Å². The van der Waals surface area contributed by atoms with E-state index in [0.717, 1.165) is 58.8 Å². The number of hydrogen-bond acceptors (Lipinski definition) is 5. The Kier molecular flexibility index (Phi) is 6.49. The molecule has 3 heterocycles. The van der Waals surface area contributed by atoms with Crippen LogP contribution in [0.25, 0.3) is 0 Å². The second-order valence-electron chi connectivity index (χ2n) is 7.40. The van der Waals surface area contributed by atoms with Crippen LogP contribution in [0.4, 0.5) is 0 Å². The molecule has 6 heteroatoms. The topological polar surface area (TPSA) is 51.2 Å². The zero-order valence-corrected chi connectivity index (χ0v) is 15.1. The highest BCUT2D eigenvalue weighted by Crippen LogP contribution is 2.24. The molecule has 3 fully saturated rings. The van der Waals surface area contributed by atoms with Crippen molar-refractivity contribution < 1.29 is 19.0 Å². The minimum absolute atomic E-state index is 0.119. The molecule has 0 bridgehead atoms. The number of carbonyl (C=O) groups excluding carboxylic acids is 1. The van der Waals surface area contributed by atoms with Crippen LogP contribution in [0.15, 0.2) is 0 Å². The highest BCUT2D eigenvalue weighted by atomic mass is 16.5. The molecule has 138 valence electrons. The van der Waals surface area contributed by atoms with Gasteiger partial charge in [-0.05, 0) is 32.1 Å². The molecule has 24 heavy (non-hydrogen) atoms. The predicted octanol–water partition coefficient (Wildman–Crippen LogP) is 1.14. The lowest BCUT2D eigenvalue weighted by molar-refractivity contribution is -0.145. The summed E-state index contributed by atoms with van der Waals surface area (Å²) in [6.45, 7) is 10.7. The average Bonchev–Trinajstić information content (AvgIpc) is 3.02. The fourth-order valence-corrected chi connectivity index (χ4v) is 4.03. The number of morpholine rings is 1. The molecule has 0 aromatic heterocycles. The molecular weight excluding hydrogens is 308 g/mol. The predicted molar refractivity (Wildman–Crippen MR) is 90.9 cm³/mol. The van der Waals surface area contributed by atoms with Crippen LogP contribution in [0.2, 0.25) is 0 Å². The van der Waals surface area contributed by atoms with Crippen molar-refractivity contribution in [2.75, 3.05) is 52.6 Å². The number of hydrogen-bond donors (Lipinski definition) is 0. The molecule has 4 atom stereocenters. The quantitative estimate of drug-likeness (QED) is 0.751. The number of rotatable bonds is 5. The van der Waals surface area contributed by atoms with Crippen LogP contribution in [0.5, 0.6) is 0 Å². The molecule has 0 unspecified atom stereocenters. The fourth-order valence-electron chi connectivity index (χ4n) is 4.03. The summed E-state index contributed by atoms with van der Waals surface area (Å²) >= 11 is 0. The molecule has 6 nitrogen and oxygen atoms in total. The second kappa shape index (κ2) is 8.61. The maximum atomic E-state index is 12.7. The Balaban J connectivity index is 1.45. The van der Waals surface area contributed by atoms with Crippen LogP contribution in [-0.4, -0.2) is 86.6 Å². The first kappa shape index (κ1) is 18.1. The van der Waals surface area contributed by atoms with Crippen molar-refractivity contribution in [3.63, 3.8) is 0 Å². The number of amides is 1. The number of nitrogens with zero attached hydrogens (tertiary/aromatic N) is 2. The molecule has 3 aliphatic rings. The summed E-state index contributed by atoms with van der Waals surface area (Å²) in [4.78, 5) is 17.2. The minimum atomic E-state index is -0.383. The largest absolute Gasteiger partial charge is 0.379 e. The van der Waals surface area contributed by atoms with Gasteiger partial charge in [0, 0.05) is 38.8 Å². The van der Waals surface area contributed by atoms with Gasteiger partial charge in [-0.15, -0.1) is 0 Å². The Morgan fingerprint density at radius 1 is 1.21 bits per heavy atom. The van der Waals surface area contributed by atoms with E-state index in [9.17, 15) is 4.79 Å². The molecular formula is C18H32N2O4. The molecule has 0 spiro atoms. The lowest BCUT2D eigenvalue weighted by Crippen LogP contribution is -2.47. The first-order valence-electron chi connectivity index (χ1n) is 9.49. The van der Waals surface area contributed by atoms with Crippen LogP contribution in [-0.2, 0) is 19.0 Å². The summed E-state index contributed by atoms with van der Waals surface area (Å²) in [7, 11) is 0. The van der Waals surface area contributed by atoms with E-state index in [-0.39, 0.29) is 18.1 Å².